The van der Waals surface area contributed by atoms with Crippen molar-refractivity contribution in [1.82, 2.24) is 0 Å². The maximum absolute atomic E-state index is 12.4. The molecule has 116 valence electrons. The third-order valence-corrected chi connectivity index (χ3v) is 4.23. The zero-order valence-electron chi connectivity index (χ0n) is 12.5. The average molecular weight is 308 g/mol. The smallest absolute Gasteiger partial charge is 0.262 e. The monoisotopic (exact) mass is 308 g/mol. The maximum Gasteiger partial charge on any atom is 0.262 e. The molecule has 23 heavy (non-hydrogen) atoms. The summed E-state index contributed by atoms with van der Waals surface area (Å²) in [7, 11) is 0. The molecule has 2 aliphatic rings. The minimum Gasteiger partial charge on any atom is -0.482 e. The number of aryl methyl sites for hydroxylation is 2. The quantitative estimate of drug-likeness (QED) is 0.896. The second-order valence-corrected chi connectivity index (χ2v) is 5.84. The van der Waals surface area contributed by atoms with Gasteiger partial charge in [0.1, 0.15) is 5.75 Å². The van der Waals surface area contributed by atoms with E-state index in [1.807, 2.05) is 18.2 Å². The third kappa shape index (κ3) is 2.65. The number of anilines is 2. The summed E-state index contributed by atoms with van der Waals surface area (Å²) in [4.78, 5) is 23.8. The number of carbonyl (C=O) groups is 2. The summed E-state index contributed by atoms with van der Waals surface area (Å²) >= 11 is 0. The molecule has 4 rings (SSSR count). The van der Waals surface area contributed by atoms with Crippen LogP contribution in [0, 0.1) is 0 Å². The van der Waals surface area contributed by atoms with Crippen LogP contribution in [0.2, 0.25) is 0 Å². The van der Waals surface area contributed by atoms with Gasteiger partial charge in [0.2, 0.25) is 0 Å². The molecule has 0 radical (unpaired) electrons. The van der Waals surface area contributed by atoms with Crippen LogP contribution in [0.15, 0.2) is 36.4 Å². The molecule has 1 aliphatic heterocycles. The van der Waals surface area contributed by atoms with E-state index in [4.69, 9.17) is 4.74 Å². The molecule has 2 aromatic rings. The maximum atomic E-state index is 12.4. The average Bonchev–Trinajstić information content (AvgIpc) is 3.02. The summed E-state index contributed by atoms with van der Waals surface area (Å²) in [6.07, 6.45) is 3.30. The fourth-order valence-electron chi connectivity index (χ4n) is 3.08. The first-order valence-electron chi connectivity index (χ1n) is 7.69. The van der Waals surface area contributed by atoms with Crippen molar-refractivity contribution in [2.24, 2.45) is 0 Å². The largest absolute Gasteiger partial charge is 0.482 e. The second-order valence-electron chi connectivity index (χ2n) is 5.84. The fraction of sp³-hybridized carbons (Fsp3) is 0.222. The van der Waals surface area contributed by atoms with Gasteiger partial charge in [0, 0.05) is 11.3 Å². The number of rotatable bonds is 2. The highest BCUT2D eigenvalue weighted by Gasteiger charge is 2.17. The number of fused-ring (bicyclic) bond motifs is 2. The van der Waals surface area contributed by atoms with Crippen LogP contribution in [-0.2, 0) is 17.6 Å². The Morgan fingerprint density at radius 2 is 1.96 bits per heavy atom. The van der Waals surface area contributed by atoms with Crippen molar-refractivity contribution in [3.8, 4) is 5.75 Å². The van der Waals surface area contributed by atoms with E-state index in [0.29, 0.717) is 22.7 Å². The molecule has 0 fully saturated rings. The number of carbonyl (C=O) groups excluding carboxylic acids is 2. The van der Waals surface area contributed by atoms with Crippen LogP contribution in [0.1, 0.15) is 27.9 Å². The van der Waals surface area contributed by atoms with E-state index < -0.39 is 0 Å². The normalized spacial score (nSPS) is 15.2. The fourth-order valence-corrected chi connectivity index (χ4v) is 3.08. The lowest BCUT2D eigenvalue weighted by Gasteiger charge is -2.18. The number of nitrogens with one attached hydrogen (secondary N) is 2. The molecule has 5 heteroatoms. The highest BCUT2D eigenvalue weighted by molar-refractivity contribution is 6.05. The van der Waals surface area contributed by atoms with Gasteiger partial charge in [-0.1, -0.05) is 6.07 Å². The van der Waals surface area contributed by atoms with Crippen molar-refractivity contribution in [2.75, 3.05) is 17.2 Å². The lowest BCUT2D eigenvalue weighted by molar-refractivity contribution is -0.118. The molecule has 0 atom stereocenters. The first-order chi connectivity index (χ1) is 11.2. The highest BCUT2D eigenvalue weighted by atomic mass is 16.5. The molecule has 0 unspecified atom stereocenters. The molecule has 0 saturated carbocycles. The second kappa shape index (κ2) is 5.43. The van der Waals surface area contributed by atoms with Crippen molar-refractivity contribution in [3.63, 3.8) is 0 Å². The van der Waals surface area contributed by atoms with Gasteiger partial charge in [-0.15, -0.1) is 0 Å². The SMILES string of the molecule is O=C1COc2ccc(NC(=O)c3ccc4c(c3)CCC4)cc2N1. The minimum atomic E-state index is -0.195. The number of hydrogen-bond acceptors (Lipinski definition) is 3. The molecule has 1 heterocycles. The summed E-state index contributed by atoms with van der Waals surface area (Å²) in [5.41, 5.74) is 4.47. The van der Waals surface area contributed by atoms with Crippen molar-refractivity contribution >= 4 is 23.2 Å². The number of amides is 2. The Balaban J connectivity index is 1.55. The van der Waals surface area contributed by atoms with Crippen molar-refractivity contribution in [3.05, 3.63) is 53.1 Å². The molecule has 2 amide bonds. The number of benzene rings is 2. The van der Waals surface area contributed by atoms with E-state index in [1.165, 1.54) is 11.1 Å². The van der Waals surface area contributed by atoms with Gasteiger partial charge in [-0.2, -0.15) is 0 Å². The summed E-state index contributed by atoms with van der Waals surface area (Å²) < 4.78 is 5.31. The molecule has 1 aliphatic carbocycles. The van der Waals surface area contributed by atoms with Gasteiger partial charge < -0.3 is 15.4 Å². The van der Waals surface area contributed by atoms with E-state index in [1.54, 1.807) is 18.2 Å². The van der Waals surface area contributed by atoms with E-state index >= 15 is 0 Å². The van der Waals surface area contributed by atoms with Gasteiger partial charge >= 0.3 is 0 Å². The first kappa shape index (κ1) is 13.8. The van der Waals surface area contributed by atoms with Crippen LogP contribution in [-0.4, -0.2) is 18.4 Å². The third-order valence-electron chi connectivity index (χ3n) is 4.23. The van der Waals surface area contributed by atoms with Gasteiger partial charge in [-0.05, 0) is 60.7 Å². The Hall–Kier alpha value is -2.82. The van der Waals surface area contributed by atoms with Gasteiger partial charge in [-0.3, -0.25) is 9.59 Å². The molecule has 2 N–H and O–H groups in total. The van der Waals surface area contributed by atoms with Gasteiger partial charge in [0.05, 0.1) is 5.69 Å². The molecule has 0 aromatic heterocycles. The molecular formula is C18H16N2O3. The Morgan fingerprint density at radius 1 is 1.09 bits per heavy atom. The van der Waals surface area contributed by atoms with Gasteiger partial charge in [-0.25, -0.2) is 0 Å². The molecule has 0 bridgehead atoms. The van der Waals surface area contributed by atoms with Gasteiger partial charge in [0.15, 0.2) is 6.61 Å². The van der Waals surface area contributed by atoms with E-state index in [0.717, 1.165) is 19.3 Å². The zero-order chi connectivity index (χ0) is 15.8. The van der Waals surface area contributed by atoms with Crippen LogP contribution in [0.4, 0.5) is 11.4 Å². The Kier molecular flexibility index (Phi) is 3.26. The molecule has 0 spiro atoms. The van der Waals surface area contributed by atoms with E-state index in [-0.39, 0.29) is 18.4 Å². The highest BCUT2D eigenvalue weighted by Crippen LogP contribution is 2.30. The van der Waals surface area contributed by atoms with E-state index in [9.17, 15) is 9.59 Å². The molecule has 2 aromatic carbocycles. The van der Waals surface area contributed by atoms with Crippen LogP contribution in [0.3, 0.4) is 0 Å². The standard InChI is InChI=1S/C18H16N2O3/c21-17-10-23-16-7-6-14(9-15(16)20-17)19-18(22)13-5-4-11-2-1-3-12(11)8-13/h4-9H,1-3,10H2,(H,19,22)(H,20,21). The van der Waals surface area contributed by atoms with Gasteiger partial charge in [0.25, 0.3) is 11.8 Å². The predicted molar refractivity (Wildman–Crippen MR) is 87.0 cm³/mol. The van der Waals surface area contributed by atoms with Crippen LogP contribution in [0.5, 0.6) is 5.75 Å². The lowest BCUT2D eigenvalue weighted by atomic mass is 10.1. The Morgan fingerprint density at radius 3 is 2.87 bits per heavy atom. The zero-order valence-corrected chi connectivity index (χ0v) is 12.5. The summed E-state index contributed by atoms with van der Waals surface area (Å²) in [6.45, 7) is 0.0217. The Labute approximate surface area is 133 Å². The first-order valence-corrected chi connectivity index (χ1v) is 7.69. The predicted octanol–water partition coefficient (Wildman–Crippen LogP) is 2.76. The van der Waals surface area contributed by atoms with Crippen molar-refractivity contribution in [2.45, 2.75) is 19.3 Å². The topological polar surface area (TPSA) is 67.4 Å². The minimum absolute atomic E-state index is 0.0217. The van der Waals surface area contributed by atoms with Crippen molar-refractivity contribution < 1.29 is 14.3 Å². The van der Waals surface area contributed by atoms with E-state index in [2.05, 4.69) is 10.6 Å². The van der Waals surface area contributed by atoms with Crippen molar-refractivity contribution in [1.29, 1.82) is 0 Å². The molecule has 0 saturated heterocycles. The van der Waals surface area contributed by atoms with Crippen LogP contribution >= 0.6 is 0 Å². The number of ether oxygens (including phenoxy) is 1. The lowest BCUT2D eigenvalue weighted by Crippen LogP contribution is -2.25. The number of hydrogen-bond donors (Lipinski definition) is 2. The molecule has 5 nitrogen and oxygen atoms in total. The summed E-state index contributed by atoms with van der Waals surface area (Å²) in [5.74, 6) is 0.266. The summed E-state index contributed by atoms with van der Waals surface area (Å²) in [5, 5.41) is 5.60. The molecular weight excluding hydrogens is 292 g/mol. The Bertz CT molecular complexity index is 814. The van der Waals surface area contributed by atoms with Crippen LogP contribution < -0.4 is 15.4 Å². The van der Waals surface area contributed by atoms with Crippen LogP contribution in [0.25, 0.3) is 0 Å². The summed E-state index contributed by atoms with van der Waals surface area (Å²) in [6, 6.07) is 11.1.